The predicted octanol–water partition coefficient (Wildman–Crippen LogP) is 2.39. The summed E-state index contributed by atoms with van der Waals surface area (Å²) in [5.74, 6) is 0.858. The number of aliphatic hydroxyl groups excluding tert-OH is 1. The number of aromatic nitrogens is 2. The first-order valence-corrected chi connectivity index (χ1v) is 7.15. The molecule has 2 aromatic rings. The van der Waals surface area contributed by atoms with Crippen LogP contribution in [0.2, 0.25) is 0 Å². The van der Waals surface area contributed by atoms with Gasteiger partial charge in [0, 0.05) is 24.4 Å². The van der Waals surface area contributed by atoms with Crippen LogP contribution in [0.1, 0.15) is 41.8 Å². The highest BCUT2D eigenvalue weighted by molar-refractivity contribution is 5.47. The molecule has 1 unspecified atom stereocenters. The second-order valence-corrected chi connectivity index (χ2v) is 5.25. The molecule has 0 bridgehead atoms. The van der Waals surface area contributed by atoms with E-state index in [0.717, 1.165) is 48.4 Å². The molecule has 4 heteroatoms. The summed E-state index contributed by atoms with van der Waals surface area (Å²) in [7, 11) is 1.88. The number of rotatable bonds is 3. The van der Waals surface area contributed by atoms with Crippen molar-refractivity contribution in [1.82, 2.24) is 9.78 Å². The minimum Gasteiger partial charge on any atom is -0.493 e. The molecule has 1 atom stereocenters. The summed E-state index contributed by atoms with van der Waals surface area (Å²) >= 11 is 0. The molecule has 1 aromatic carbocycles. The van der Waals surface area contributed by atoms with Crippen molar-refractivity contribution >= 4 is 0 Å². The van der Waals surface area contributed by atoms with Gasteiger partial charge in [0.15, 0.2) is 0 Å². The van der Waals surface area contributed by atoms with Gasteiger partial charge in [0.05, 0.1) is 12.3 Å². The number of aliphatic hydroxyl groups is 1. The number of hydrogen-bond acceptors (Lipinski definition) is 3. The predicted molar refractivity (Wildman–Crippen MR) is 76.9 cm³/mol. The molecule has 0 saturated heterocycles. The number of benzene rings is 1. The maximum Gasteiger partial charge on any atom is 0.128 e. The lowest BCUT2D eigenvalue weighted by molar-refractivity contribution is 0.206. The van der Waals surface area contributed by atoms with E-state index < -0.39 is 6.10 Å². The monoisotopic (exact) mass is 272 g/mol. The molecule has 0 spiro atoms. The summed E-state index contributed by atoms with van der Waals surface area (Å²) in [6, 6.07) is 6.02. The molecule has 1 aliphatic rings. The Balaban J connectivity index is 2.04. The first-order valence-electron chi connectivity index (χ1n) is 7.15. The highest BCUT2D eigenvalue weighted by atomic mass is 16.5. The lowest BCUT2D eigenvalue weighted by Crippen LogP contribution is -2.13. The molecule has 2 heterocycles. The van der Waals surface area contributed by atoms with E-state index in [2.05, 4.69) is 18.1 Å². The van der Waals surface area contributed by atoms with Crippen LogP contribution in [0, 0.1) is 0 Å². The number of fused-ring (bicyclic) bond motifs is 1. The first-order chi connectivity index (χ1) is 9.70. The fourth-order valence-electron chi connectivity index (χ4n) is 2.85. The Morgan fingerprint density at radius 1 is 1.40 bits per heavy atom. The highest BCUT2D eigenvalue weighted by Crippen LogP contribution is 2.36. The summed E-state index contributed by atoms with van der Waals surface area (Å²) in [5, 5.41) is 15.1. The van der Waals surface area contributed by atoms with E-state index in [1.54, 1.807) is 4.68 Å². The molecule has 20 heavy (non-hydrogen) atoms. The lowest BCUT2D eigenvalue weighted by atomic mass is 9.95. The maximum absolute atomic E-state index is 10.7. The molecule has 1 aliphatic heterocycles. The smallest absolute Gasteiger partial charge is 0.128 e. The van der Waals surface area contributed by atoms with Crippen LogP contribution in [0.15, 0.2) is 24.4 Å². The van der Waals surface area contributed by atoms with Crippen LogP contribution in [0.4, 0.5) is 0 Å². The molecule has 1 N–H and O–H groups in total. The van der Waals surface area contributed by atoms with E-state index in [1.807, 2.05) is 25.4 Å². The van der Waals surface area contributed by atoms with Gasteiger partial charge >= 0.3 is 0 Å². The van der Waals surface area contributed by atoms with E-state index in [0.29, 0.717) is 0 Å². The van der Waals surface area contributed by atoms with Gasteiger partial charge in [0.2, 0.25) is 0 Å². The van der Waals surface area contributed by atoms with Crippen molar-refractivity contribution < 1.29 is 9.84 Å². The molecule has 0 saturated carbocycles. The SMILES string of the molecule is CCc1nn(C)cc1C(O)c1cccc2c1OCCC2. The fourth-order valence-corrected chi connectivity index (χ4v) is 2.85. The molecule has 4 nitrogen and oxygen atoms in total. The Hall–Kier alpha value is -1.81. The van der Waals surface area contributed by atoms with Gasteiger partial charge in [-0.25, -0.2) is 0 Å². The summed E-state index contributed by atoms with van der Waals surface area (Å²) in [6.07, 6.45) is 4.09. The van der Waals surface area contributed by atoms with Crippen molar-refractivity contribution in [2.45, 2.75) is 32.3 Å². The van der Waals surface area contributed by atoms with Crippen LogP contribution in [0.3, 0.4) is 0 Å². The topological polar surface area (TPSA) is 47.3 Å². The van der Waals surface area contributed by atoms with Crippen LogP contribution in [0.25, 0.3) is 0 Å². The standard InChI is InChI=1S/C16H20N2O2/c1-3-14-13(10-18(2)17-14)15(19)12-8-4-6-11-7-5-9-20-16(11)12/h4,6,8,10,15,19H,3,5,7,9H2,1-2H3. The molecule has 0 radical (unpaired) electrons. The largest absolute Gasteiger partial charge is 0.493 e. The molecule has 0 aliphatic carbocycles. The van der Waals surface area contributed by atoms with Gasteiger partial charge in [-0.1, -0.05) is 25.1 Å². The van der Waals surface area contributed by atoms with E-state index >= 15 is 0 Å². The third kappa shape index (κ3) is 2.20. The second-order valence-electron chi connectivity index (χ2n) is 5.25. The summed E-state index contributed by atoms with van der Waals surface area (Å²) < 4.78 is 7.55. The summed E-state index contributed by atoms with van der Waals surface area (Å²) in [5.41, 5.74) is 3.85. The molecule has 106 valence electrons. The Morgan fingerprint density at radius 3 is 3.05 bits per heavy atom. The van der Waals surface area contributed by atoms with Crippen molar-refractivity contribution in [3.05, 3.63) is 46.8 Å². The van der Waals surface area contributed by atoms with E-state index in [9.17, 15) is 5.11 Å². The fraction of sp³-hybridized carbons (Fsp3) is 0.438. The van der Waals surface area contributed by atoms with E-state index in [-0.39, 0.29) is 0 Å². The average molecular weight is 272 g/mol. The third-order valence-corrected chi connectivity index (χ3v) is 3.83. The van der Waals surface area contributed by atoms with Crippen molar-refractivity contribution in [1.29, 1.82) is 0 Å². The molecular weight excluding hydrogens is 252 g/mol. The number of para-hydroxylation sites is 1. The number of nitrogens with zero attached hydrogens (tertiary/aromatic N) is 2. The van der Waals surface area contributed by atoms with Gasteiger partial charge in [0.25, 0.3) is 0 Å². The zero-order valence-electron chi connectivity index (χ0n) is 12.0. The van der Waals surface area contributed by atoms with Crippen molar-refractivity contribution in [3.8, 4) is 5.75 Å². The van der Waals surface area contributed by atoms with Crippen LogP contribution in [-0.2, 0) is 19.9 Å². The van der Waals surface area contributed by atoms with Crippen molar-refractivity contribution in [2.24, 2.45) is 7.05 Å². The molecule has 3 rings (SSSR count). The third-order valence-electron chi connectivity index (χ3n) is 3.83. The van der Waals surface area contributed by atoms with Crippen LogP contribution in [0.5, 0.6) is 5.75 Å². The Kier molecular flexibility index (Phi) is 3.49. The Bertz CT molecular complexity index is 619. The number of ether oxygens (including phenoxy) is 1. The van der Waals surface area contributed by atoms with Gasteiger partial charge in [0.1, 0.15) is 11.9 Å². The Morgan fingerprint density at radius 2 is 2.25 bits per heavy atom. The van der Waals surface area contributed by atoms with Gasteiger partial charge in [-0.3, -0.25) is 4.68 Å². The summed E-state index contributed by atoms with van der Waals surface area (Å²) in [4.78, 5) is 0. The minimum absolute atomic E-state index is 0.674. The molecule has 0 fully saturated rings. The highest BCUT2D eigenvalue weighted by Gasteiger charge is 2.23. The van der Waals surface area contributed by atoms with Crippen LogP contribution < -0.4 is 4.74 Å². The van der Waals surface area contributed by atoms with Gasteiger partial charge in [-0.15, -0.1) is 0 Å². The Labute approximate surface area is 119 Å². The molecule has 1 aromatic heterocycles. The van der Waals surface area contributed by atoms with Crippen LogP contribution >= 0.6 is 0 Å². The normalized spacial score (nSPS) is 15.6. The first kappa shape index (κ1) is 13.2. The van der Waals surface area contributed by atoms with Gasteiger partial charge in [-0.05, 0) is 24.8 Å². The molecule has 0 amide bonds. The summed E-state index contributed by atoms with van der Waals surface area (Å²) in [6.45, 7) is 2.78. The van der Waals surface area contributed by atoms with Gasteiger partial charge in [-0.2, -0.15) is 5.10 Å². The van der Waals surface area contributed by atoms with E-state index in [1.165, 1.54) is 5.56 Å². The van der Waals surface area contributed by atoms with E-state index in [4.69, 9.17) is 4.74 Å². The zero-order chi connectivity index (χ0) is 14.1. The quantitative estimate of drug-likeness (QED) is 0.933. The second kappa shape index (κ2) is 5.29. The lowest BCUT2D eigenvalue weighted by Gasteiger charge is -2.22. The zero-order valence-corrected chi connectivity index (χ0v) is 12.0. The number of hydrogen-bond donors (Lipinski definition) is 1. The van der Waals surface area contributed by atoms with Crippen LogP contribution in [-0.4, -0.2) is 21.5 Å². The van der Waals surface area contributed by atoms with Crippen molar-refractivity contribution in [2.75, 3.05) is 6.61 Å². The number of aryl methyl sites for hydroxylation is 3. The average Bonchev–Trinajstić information content (AvgIpc) is 2.87. The van der Waals surface area contributed by atoms with Gasteiger partial charge < -0.3 is 9.84 Å². The molecular formula is C16H20N2O2. The maximum atomic E-state index is 10.7. The minimum atomic E-state index is -0.674. The van der Waals surface area contributed by atoms with Crippen molar-refractivity contribution in [3.63, 3.8) is 0 Å².